The Bertz CT molecular complexity index is 915. The monoisotopic (exact) mass is 395 g/mol. The number of nitro groups is 1. The van der Waals surface area contributed by atoms with Crippen LogP contribution >= 0.6 is 35.0 Å². The van der Waals surface area contributed by atoms with Gasteiger partial charge >= 0.3 is 0 Å². The number of non-ortho nitro benzene ring substituents is 1. The topological polar surface area (TPSA) is 82.1 Å². The van der Waals surface area contributed by atoms with Gasteiger partial charge in [-0.2, -0.15) is 0 Å². The molecule has 0 amide bonds. The van der Waals surface area contributed by atoms with Crippen LogP contribution in [-0.2, 0) is 0 Å². The molecule has 0 saturated heterocycles. The van der Waals surface area contributed by atoms with Crippen molar-refractivity contribution in [3.05, 3.63) is 68.5 Å². The molecular weight excluding hydrogens is 385 g/mol. The van der Waals surface area contributed by atoms with Crippen LogP contribution in [0.3, 0.4) is 0 Å². The molecule has 0 aliphatic heterocycles. The zero-order valence-corrected chi connectivity index (χ0v) is 15.2. The third kappa shape index (κ3) is 4.12. The van der Waals surface area contributed by atoms with Crippen LogP contribution in [0.5, 0.6) is 0 Å². The van der Waals surface area contributed by atoms with Crippen molar-refractivity contribution in [3.8, 4) is 11.5 Å². The molecule has 0 bridgehead atoms. The number of hydrogen-bond acceptors (Lipinski definition) is 6. The van der Waals surface area contributed by atoms with Gasteiger partial charge in [-0.1, -0.05) is 23.2 Å². The lowest BCUT2D eigenvalue weighted by atomic mass is 10.2. The minimum Gasteiger partial charge on any atom is -0.419 e. The average Bonchev–Trinajstić information content (AvgIpc) is 3.08. The van der Waals surface area contributed by atoms with Gasteiger partial charge in [-0.25, -0.2) is 0 Å². The Kier molecular flexibility index (Phi) is 5.27. The summed E-state index contributed by atoms with van der Waals surface area (Å²) in [4.78, 5) is 11.1. The van der Waals surface area contributed by atoms with Gasteiger partial charge in [-0.3, -0.25) is 10.1 Å². The van der Waals surface area contributed by atoms with Crippen molar-refractivity contribution in [1.29, 1.82) is 0 Å². The molecule has 1 atom stereocenters. The first kappa shape index (κ1) is 17.7. The summed E-state index contributed by atoms with van der Waals surface area (Å²) < 4.78 is 5.69. The number of benzene rings is 2. The van der Waals surface area contributed by atoms with Crippen LogP contribution in [0, 0.1) is 10.1 Å². The molecule has 6 nitrogen and oxygen atoms in total. The van der Waals surface area contributed by atoms with E-state index in [2.05, 4.69) is 10.2 Å². The normalized spacial score (nSPS) is 12.1. The van der Waals surface area contributed by atoms with Crippen molar-refractivity contribution in [2.45, 2.75) is 17.1 Å². The number of thioether (sulfide) groups is 1. The van der Waals surface area contributed by atoms with E-state index < -0.39 is 4.92 Å². The smallest absolute Gasteiger partial charge is 0.269 e. The molecule has 1 heterocycles. The Balaban J connectivity index is 1.78. The summed E-state index contributed by atoms with van der Waals surface area (Å²) >= 11 is 13.6. The van der Waals surface area contributed by atoms with Gasteiger partial charge < -0.3 is 4.42 Å². The molecule has 0 aliphatic rings. The van der Waals surface area contributed by atoms with Gasteiger partial charge in [-0.05, 0) is 37.3 Å². The maximum Gasteiger partial charge on any atom is 0.269 e. The molecule has 3 rings (SSSR count). The Hall–Kier alpha value is -2.09. The van der Waals surface area contributed by atoms with Crippen LogP contribution in [0.1, 0.15) is 18.1 Å². The quantitative estimate of drug-likeness (QED) is 0.308. The molecule has 0 fully saturated rings. The van der Waals surface area contributed by atoms with Crippen molar-refractivity contribution >= 4 is 40.7 Å². The van der Waals surface area contributed by atoms with E-state index in [1.54, 1.807) is 30.3 Å². The third-order valence-electron chi connectivity index (χ3n) is 3.31. The molecule has 3 aromatic rings. The number of hydrogen-bond donors (Lipinski definition) is 0. The van der Waals surface area contributed by atoms with Crippen LogP contribution < -0.4 is 0 Å². The van der Waals surface area contributed by atoms with Crippen LogP contribution in [0.25, 0.3) is 11.5 Å². The third-order valence-corrected chi connectivity index (χ3v) is 5.13. The van der Waals surface area contributed by atoms with E-state index in [-0.39, 0.29) is 10.9 Å². The minimum atomic E-state index is -0.462. The molecule has 1 aromatic heterocycles. The van der Waals surface area contributed by atoms with E-state index in [4.69, 9.17) is 27.6 Å². The van der Waals surface area contributed by atoms with E-state index in [1.165, 1.54) is 23.9 Å². The lowest BCUT2D eigenvalue weighted by molar-refractivity contribution is -0.384. The zero-order chi connectivity index (χ0) is 18.0. The minimum absolute atomic E-state index is 0.00279. The summed E-state index contributed by atoms with van der Waals surface area (Å²) in [6.45, 7) is 1.91. The molecule has 0 spiro atoms. The van der Waals surface area contributed by atoms with Crippen molar-refractivity contribution in [3.63, 3.8) is 0 Å². The van der Waals surface area contributed by atoms with Crippen molar-refractivity contribution < 1.29 is 9.34 Å². The van der Waals surface area contributed by atoms with E-state index in [0.29, 0.717) is 27.4 Å². The molecule has 25 heavy (non-hydrogen) atoms. The fraction of sp³-hybridized carbons (Fsp3) is 0.125. The Morgan fingerprint density at radius 1 is 1.16 bits per heavy atom. The predicted octanol–water partition coefficient (Wildman–Crippen LogP) is 5.80. The van der Waals surface area contributed by atoms with Gasteiger partial charge in [0.15, 0.2) is 0 Å². The summed E-state index contributed by atoms with van der Waals surface area (Å²) in [7, 11) is 0. The molecule has 128 valence electrons. The Labute approximate surface area is 157 Å². The lowest BCUT2D eigenvalue weighted by Crippen LogP contribution is -1.89. The second-order valence-corrected chi connectivity index (χ2v) is 7.31. The second-order valence-electron chi connectivity index (χ2n) is 5.08. The van der Waals surface area contributed by atoms with Gasteiger partial charge in [0.25, 0.3) is 5.69 Å². The molecule has 0 aliphatic carbocycles. The summed E-state index contributed by atoms with van der Waals surface area (Å²) in [6.07, 6.45) is 0. The van der Waals surface area contributed by atoms with E-state index >= 15 is 0 Å². The highest BCUT2D eigenvalue weighted by Gasteiger charge is 2.18. The summed E-state index contributed by atoms with van der Waals surface area (Å²) in [5.41, 5.74) is 0.616. The van der Waals surface area contributed by atoms with Crippen LogP contribution in [0.4, 0.5) is 5.69 Å². The molecule has 9 heteroatoms. The fourth-order valence-corrected chi connectivity index (χ4v) is 3.49. The van der Waals surface area contributed by atoms with Gasteiger partial charge in [0.05, 0.1) is 15.2 Å². The Morgan fingerprint density at radius 3 is 2.56 bits per heavy atom. The number of rotatable bonds is 5. The molecule has 1 unspecified atom stereocenters. The summed E-state index contributed by atoms with van der Waals surface area (Å²) in [5, 5.41) is 19.8. The molecular formula is C16H11Cl2N3O3S. The van der Waals surface area contributed by atoms with E-state index in [9.17, 15) is 10.1 Å². The van der Waals surface area contributed by atoms with E-state index in [1.807, 2.05) is 6.92 Å². The number of aromatic nitrogens is 2. The van der Waals surface area contributed by atoms with Gasteiger partial charge in [0.1, 0.15) is 0 Å². The second kappa shape index (κ2) is 7.43. The van der Waals surface area contributed by atoms with Crippen molar-refractivity contribution in [2.75, 3.05) is 0 Å². The predicted molar refractivity (Wildman–Crippen MR) is 97.1 cm³/mol. The molecule has 0 saturated carbocycles. The first-order valence-electron chi connectivity index (χ1n) is 7.14. The lowest BCUT2D eigenvalue weighted by Gasteiger charge is -2.08. The number of halogens is 2. The summed E-state index contributed by atoms with van der Waals surface area (Å²) in [6, 6.07) is 11.2. The zero-order valence-electron chi connectivity index (χ0n) is 12.8. The first-order chi connectivity index (χ1) is 11.9. The SMILES string of the molecule is CC(Sc1cc(Cl)ccc1Cl)c1nnc(-c2ccc([N+](=O)[O-])cc2)o1. The maximum atomic E-state index is 10.7. The number of nitrogens with zero attached hydrogens (tertiary/aromatic N) is 3. The van der Waals surface area contributed by atoms with Crippen LogP contribution in [-0.4, -0.2) is 15.1 Å². The highest BCUT2D eigenvalue weighted by atomic mass is 35.5. The van der Waals surface area contributed by atoms with Crippen molar-refractivity contribution in [1.82, 2.24) is 10.2 Å². The van der Waals surface area contributed by atoms with Gasteiger partial charge in [0, 0.05) is 27.6 Å². The van der Waals surface area contributed by atoms with Crippen LogP contribution in [0.2, 0.25) is 10.0 Å². The highest BCUT2D eigenvalue weighted by Crippen LogP contribution is 2.39. The fourth-order valence-electron chi connectivity index (χ4n) is 2.05. The van der Waals surface area contributed by atoms with Gasteiger partial charge in [0.2, 0.25) is 11.8 Å². The summed E-state index contributed by atoms with van der Waals surface area (Å²) in [5.74, 6) is 0.726. The van der Waals surface area contributed by atoms with Crippen molar-refractivity contribution in [2.24, 2.45) is 0 Å². The average molecular weight is 396 g/mol. The van der Waals surface area contributed by atoms with E-state index in [0.717, 1.165) is 4.90 Å². The Morgan fingerprint density at radius 2 is 1.88 bits per heavy atom. The van der Waals surface area contributed by atoms with Crippen LogP contribution in [0.15, 0.2) is 51.8 Å². The maximum absolute atomic E-state index is 10.7. The number of nitro benzene ring substituents is 1. The largest absolute Gasteiger partial charge is 0.419 e. The highest BCUT2D eigenvalue weighted by molar-refractivity contribution is 7.99. The standard InChI is InChI=1S/C16H11Cl2N3O3S/c1-9(25-14-8-11(17)4-7-13(14)18)15-19-20-16(24-15)10-2-5-12(6-3-10)21(22)23/h2-9H,1H3. The van der Waals surface area contributed by atoms with Gasteiger partial charge in [-0.15, -0.1) is 22.0 Å². The first-order valence-corrected chi connectivity index (χ1v) is 8.77. The molecule has 2 aromatic carbocycles. The molecule has 0 radical (unpaired) electrons. The molecule has 0 N–H and O–H groups in total.